The fourth-order valence-corrected chi connectivity index (χ4v) is 1.79. The minimum absolute atomic E-state index is 0.0359. The highest BCUT2D eigenvalue weighted by Gasteiger charge is 2.19. The second-order valence-electron chi connectivity index (χ2n) is 3.38. The zero-order chi connectivity index (χ0) is 10.1. The molecule has 0 fully saturated rings. The summed E-state index contributed by atoms with van der Waals surface area (Å²) in [6.45, 7) is -2.77. The molecule has 14 heavy (non-hydrogen) atoms. The molecular formula is C10H11F2NO. The van der Waals surface area contributed by atoms with Gasteiger partial charge in [0, 0.05) is 6.04 Å². The van der Waals surface area contributed by atoms with Crippen molar-refractivity contribution in [1.29, 1.82) is 0 Å². The Morgan fingerprint density at radius 1 is 1.43 bits per heavy atom. The lowest BCUT2D eigenvalue weighted by Gasteiger charge is -2.08. The predicted molar refractivity (Wildman–Crippen MR) is 48.3 cm³/mol. The molecule has 2 N–H and O–H groups in total. The third kappa shape index (κ3) is 1.70. The number of rotatable bonds is 2. The van der Waals surface area contributed by atoms with Crippen molar-refractivity contribution in [2.45, 2.75) is 25.5 Å². The Morgan fingerprint density at radius 2 is 2.21 bits per heavy atom. The van der Waals surface area contributed by atoms with E-state index in [1.807, 2.05) is 0 Å². The van der Waals surface area contributed by atoms with E-state index in [9.17, 15) is 8.78 Å². The Balaban J connectivity index is 2.26. The van der Waals surface area contributed by atoms with Crippen molar-refractivity contribution >= 4 is 0 Å². The first-order valence-corrected chi connectivity index (χ1v) is 4.50. The average Bonchev–Trinajstić information content (AvgIpc) is 2.47. The fourth-order valence-electron chi connectivity index (χ4n) is 1.79. The Kier molecular flexibility index (Phi) is 2.37. The van der Waals surface area contributed by atoms with Gasteiger partial charge in [0.25, 0.3) is 0 Å². The summed E-state index contributed by atoms with van der Waals surface area (Å²) in [6, 6.07) is 4.94. The Bertz CT molecular complexity index is 341. The van der Waals surface area contributed by atoms with Gasteiger partial charge < -0.3 is 10.5 Å². The van der Waals surface area contributed by atoms with Crippen LogP contribution in [0.4, 0.5) is 8.78 Å². The third-order valence-electron chi connectivity index (χ3n) is 2.47. The van der Waals surface area contributed by atoms with E-state index in [-0.39, 0.29) is 11.8 Å². The van der Waals surface area contributed by atoms with E-state index in [1.54, 1.807) is 18.2 Å². The third-order valence-corrected chi connectivity index (χ3v) is 2.47. The highest BCUT2D eigenvalue weighted by Crippen LogP contribution is 2.32. The van der Waals surface area contributed by atoms with Crippen molar-refractivity contribution in [3.63, 3.8) is 0 Å². The number of fused-ring (bicyclic) bond motifs is 1. The van der Waals surface area contributed by atoms with Crippen molar-refractivity contribution in [2.24, 2.45) is 5.73 Å². The largest absolute Gasteiger partial charge is 0.435 e. The van der Waals surface area contributed by atoms with E-state index in [4.69, 9.17) is 5.73 Å². The molecule has 0 bridgehead atoms. The van der Waals surface area contributed by atoms with E-state index in [1.165, 1.54) is 0 Å². The SMILES string of the molecule is N[C@@H]1CCc2ccc(OC(F)F)cc21. The summed E-state index contributed by atoms with van der Waals surface area (Å²) >= 11 is 0. The predicted octanol–water partition coefficient (Wildman–Crippen LogP) is 2.23. The van der Waals surface area contributed by atoms with Gasteiger partial charge in [-0.2, -0.15) is 8.78 Å². The second kappa shape index (κ2) is 3.53. The normalized spacial score (nSPS) is 19.9. The molecule has 0 unspecified atom stereocenters. The van der Waals surface area contributed by atoms with Gasteiger partial charge in [-0.3, -0.25) is 0 Å². The lowest BCUT2D eigenvalue weighted by molar-refractivity contribution is -0.0498. The molecule has 1 atom stereocenters. The molecule has 1 aliphatic carbocycles. The minimum Gasteiger partial charge on any atom is -0.435 e. The molecule has 0 saturated heterocycles. The number of benzene rings is 1. The molecule has 1 aliphatic rings. The van der Waals surface area contributed by atoms with Crippen LogP contribution in [0.3, 0.4) is 0 Å². The first kappa shape index (κ1) is 9.40. The van der Waals surface area contributed by atoms with Gasteiger partial charge >= 0.3 is 6.61 Å². The van der Waals surface area contributed by atoms with Gasteiger partial charge in [-0.25, -0.2) is 0 Å². The Morgan fingerprint density at radius 3 is 2.93 bits per heavy atom. The second-order valence-corrected chi connectivity index (χ2v) is 3.38. The van der Waals surface area contributed by atoms with Gasteiger partial charge in [0.1, 0.15) is 5.75 Å². The molecule has 76 valence electrons. The molecule has 2 nitrogen and oxygen atoms in total. The lowest BCUT2D eigenvalue weighted by Crippen LogP contribution is -2.06. The van der Waals surface area contributed by atoms with Gasteiger partial charge in [-0.05, 0) is 36.1 Å². The zero-order valence-electron chi connectivity index (χ0n) is 7.54. The first-order chi connectivity index (χ1) is 6.66. The van der Waals surface area contributed by atoms with E-state index < -0.39 is 6.61 Å². The van der Waals surface area contributed by atoms with Crippen molar-refractivity contribution < 1.29 is 13.5 Å². The summed E-state index contributed by atoms with van der Waals surface area (Å²) in [5.41, 5.74) is 7.87. The van der Waals surface area contributed by atoms with Crippen molar-refractivity contribution in [3.8, 4) is 5.75 Å². The monoisotopic (exact) mass is 199 g/mol. The molecule has 0 saturated carbocycles. The summed E-state index contributed by atoms with van der Waals surface area (Å²) < 4.78 is 28.1. The molecule has 0 aromatic heterocycles. The number of hydrogen-bond acceptors (Lipinski definition) is 2. The highest BCUT2D eigenvalue weighted by atomic mass is 19.3. The molecule has 1 aromatic rings. The minimum atomic E-state index is -2.77. The van der Waals surface area contributed by atoms with Crippen molar-refractivity contribution in [1.82, 2.24) is 0 Å². The summed E-state index contributed by atoms with van der Waals surface area (Å²) in [4.78, 5) is 0. The van der Waals surface area contributed by atoms with Crippen LogP contribution < -0.4 is 10.5 Å². The summed E-state index contributed by atoms with van der Waals surface area (Å²) in [5, 5.41) is 0. The van der Waals surface area contributed by atoms with Gasteiger partial charge in [0.2, 0.25) is 0 Å². The maximum Gasteiger partial charge on any atom is 0.387 e. The molecule has 0 heterocycles. The van der Waals surface area contributed by atoms with Crippen LogP contribution in [0.25, 0.3) is 0 Å². The number of ether oxygens (including phenoxy) is 1. The van der Waals surface area contributed by atoms with E-state index in [2.05, 4.69) is 4.74 Å². The van der Waals surface area contributed by atoms with E-state index in [0.717, 1.165) is 24.0 Å². The van der Waals surface area contributed by atoms with Crippen molar-refractivity contribution in [3.05, 3.63) is 29.3 Å². The van der Waals surface area contributed by atoms with Gasteiger partial charge in [0.05, 0.1) is 0 Å². The van der Waals surface area contributed by atoms with Crippen LogP contribution in [-0.4, -0.2) is 6.61 Å². The maximum absolute atomic E-state index is 11.9. The van der Waals surface area contributed by atoms with Crippen LogP contribution in [0.15, 0.2) is 18.2 Å². The number of halogens is 2. The fraction of sp³-hybridized carbons (Fsp3) is 0.400. The number of nitrogens with two attached hydrogens (primary N) is 1. The molecule has 0 amide bonds. The summed E-state index contributed by atoms with van der Waals surface area (Å²) in [7, 11) is 0. The average molecular weight is 199 g/mol. The highest BCUT2D eigenvalue weighted by molar-refractivity contribution is 5.40. The lowest BCUT2D eigenvalue weighted by atomic mass is 10.1. The Hall–Kier alpha value is -1.16. The molecular weight excluding hydrogens is 188 g/mol. The van der Waals surface area contributed by atoms with Crippen LogP contribution in [-0.2, 0) is 6.42 Å². The van der Waals surface area contributed by atoms with Gasteiger partial charge in [-0.1, -0.05) is 6.07 Å². The molecule has 0 spiro atoms. The summed E-state index contributed by atoms with van der Waals surface area (Å²) in [6.07, 6.45) is 1.80. The van der Waals surface area contributed by atoms with E-state index in [0.29, 0.717) is 0 Å². The van der Waals surface area contributed by atoms with Crippen LogP contribution in [0.5, 0.6) is 5.75 Å². The maximum atomic E-state index is 11.9. The van der Waals surface area contributed by atoms with Crippen LogP contribution in [0.2, 0.25) is 0 Å². The topological polar surface area (TPSA) is 35.2 Å². The Labute approximate surface area is 80.7 Å². The molecule has 4 heteroatoms. The van der Waals surface area contributed by atoms with E-state index >= 15 is 0 Å². The quantitative estimate of drug-likeness (QED) is 0.792. The number of hydrogen-bond donors (Lipinski definition) is 1. The molecule has 0 aliphatic heterocycles. The smallest absolute Gasteiger partial charge is 0.387 e. The number of alkyl halides is 2. The molecule has 2 rings (SSSR count). The zero-order valence-corrected chi connectivity index (χ0v) is 7.54. The van der Waals surface area contributed by atoms with Crippen LogP contribution >= 0.6 is 0 Å². The number of aryl methyl sites for hydroxylation is 1. The summed E-state index contributed by atoms with van der Waals surface area (Å²) in [5.74, 6) is 0.191. The van der Waals surface area contributed by atoms with Gasteiger partial charge in [0.15, 0.2) is 0 Å². The standard InChI is InChI=1S/C10H11F2NO/c11-10(12)14-7-3-1-6-2-4-9(13)8(6)5-7/h1,3,5,9-10H,2,4,13H2/t9-/m1/s1. The van der Waals surface area contributed by atoms with Gasteiger partial charge in [-0.15, -0.1) is 0 Å². The first-order valence-electron chi connectivity index (χ1n) is 4.50. The molecule has 0 radical (unpaired) electrons. The van der Waals surface area contributed by atoms with Crippen LogP contribution in [0.1, 0.15) is 23.6 Å². The van der Waals surface area contributed by atoms with Crippen molar-refractivity contribution in [2.75, 3.05) is 0 Å². The van der Waals surface area contributed by atoms with Crippen LogP contribution in [0, 0.1) is 0 Å². The molecule has 1 aromatic carbocycles.